The molecule has 0 saturated heterocycles. The molecule has 0 aliphatic rings. The van der Waals surface area contributed by atoms with Gasteiger partial charge in [-0.2, -0.15) is 0 Å². The van der Waals surface area contributed by atoms with Gasteiger partial charge in [-0.25, -0.2) is 4.98 Å². The van der Waals surface area contributed by atoms with Crippen molar-refractivity contribution in [3.05, 3.63) is 23.3 Å². The van der Waals surface area contributed by atoms with E-state index in [1.54, 1.807) is 0 Å². The Morgan fingerprint density at radius 2 is 1.88 bits per heavy atom. The molecule has 2 N–H and O–H groups in total. The van der Waals surface area contributed by atoms with Crippen molar-refractivity contribution in [2.45, 2.75) is 34.2 Å². The maximum absolute atomic E-state index is 5.95. The molecule has 1 heterocycles. The fourth-order valence-electron chi connectivity index (χ4n) is 1.96. The van der Waals surface area contributed by atoms with Crippen LogP contribution in [-0.4, -0.2) is 9.55 Å². The summed E-state index contributed by atoms with van der Waals surface area (Å²) in [5, 5.41) is 0. The van der Waals surface area contributed by atoms with Crippen LogP contribution in [0.25, 0.3) is 11.0 Å². The smallest absolute Gasteiger partial charge is 0.201 e. The molecule has 0 bridgehead atoms. The average molecular weight is 217 g/mol. The average Bonchev–Trinajstić information content (AvgIpc) is 2.45. The Bertz CT molecular complexity index is 523. The van der Waals surface area contributed by atoms with Crippen molar-refractivity contribution in [1.82, 2.24) is 9.55 Å². The predicted octanol–water partition coefficient (Wildman–Crippen LogP) is 2.89. The number of benzene rings is 1. The summed E-state index contributed by atoms with van der Waals surface area (Å²) in [5.74, 6) is 1.19. The summed E-state index contributed by atoms with van der Waals surface area (Å²) in [7, 11) is 0. The first-order valence-corrected chi connectivity index (χ1v) is 5.72. The van der Waals surface area contributed by atoms with Crippen molar-refractivity contribution < 1.29 is 0 Å². The molecule has 2 aromatic rings. The van der Waals surface area contributed by atoms with Crippen LogP contribution in [0.4, 0.5) is 5.95 Å². The lowest BCUT2D eigenvalue weighted by Crippen LogP contribution is -2.07. The normalized spacial score (nSPS) is 11.6. The minimum Gasteiger partial charge on any atom is -0.369 e. The third-order valence-electron chi connectivity index (χ3n) is 2.94. The van der Waals surface area contributed by atoms with Crippen LogP contribution in [0.15, 0.2) is 12.1 Å². The highest BCUT2D eigenvalue weighted by Gasteiger charge is 2.10. The van der Waals surface area contributed by atoms with Crippen LogP contribution >= 0.6 is 0 Å². The van der Waals surface area contributed by atoms with Crippen LogP contribution in [0.2, 0.25) is 0 Å². The number of nitrogens with two attached hydrogens (primary N) is 1. The molecule has 0 fully saturated rings. The van der Waals surface area contributed by atoms with Crippen molar-refractivity contribution >= 4 is 17.0 Å². The molecule has 1 aromatic heterocycles. The van der Waals surface area contributed by atoms with Gasteiger partial charge in [-0.1, -0.05) is 13.8 Å². The summed E-state index contributed by atoms with van der Waals surface area (Å²) >= 11 is 0. The van der Waals surface area contributed by atoms with Crippen LogP contribution in [-0.2, 0) is 6.54 Å². The van der Waals surface area contributed by atoms with Gasteiger partial charge < -0.3 is 10.3 Å². The largest absolute Gasteiger partial charge is 0.369 e. The van der Waals surface area contributed by atoms with Crippen LogP contribution in [0.3, 0.4) is 0 Å². The lowest BCUT2D eigenvalue weighted by Gasteiger charge is -2.09. The first-order chi connectivity index (χ1) is 7.49. The van der Waals surface area contributed by atoms with E-state index >= 15 is 0 Å². The lowest BCUT2D eigenvalue weighted by molar-refractivity contribution is 0.538. The maximum Gasteiger partial charge on any atom is 0.201 e. The molecule has 0 amide bonds. The number of rotatable bonds is 2. The highest BCUT2D eigenvalue weighted by molar-refractivity contribution is 5.80. The quantitative estimate of drug-likeness (QED) is 0.840. The zero-order valence-corrected chi connectivity index (χ0v) is 10.4. The summed E-state index contributed by atoms with van der Waals surface area (Å²) in [5.41, 5.74) is 10.7. The number of aryl methyl sites for hydroxylation is 2. The molecule has 3 heteroatoms. The molecule has 0 radical (unpaired) electrons. The molecule has 86 valence electrons. The molecular formula is C13H19N3. The molecule has 0 spiro atoms. The molecule has 0 aliphatic carbocycles. The number of nitrogens with zero attached hydrogens (tertiary/aromatic N) is 2. The zero-order valence-electron chi connectivity index (χ0n) is 10.4. The summed E-state index contributed by atoms with van der Waals surface area (Å²) < 4.78 is 2.10. The molecule has 1 aromatic carbocycles. The number of nitrogen functional groups attached to an aromatic ring is 1. The fourth-order valence-corrected chi connectivity index (χ4v) is 1.96. The van der Waals surface area contributed by atoms with E-state index in [-0.39, 0.29) is 0 Å². The Morgan fingerprint density at radius 1 is 1.25 bits per heavy atom. The Hall–Kier alpha value is -1.51. The van der Waals surface area contributed by atoms with Gasteiger partial charge in [0, 0.05) is 6.54 Å². The standard InChI is InChI=1S/C13H19N3/c1-8(2)7-16-12-6-10(4)9(3)5-11(12)15-13(16)14/h5-6,8H,7H2,1-4H3,(H2,14,15). The van der Waals surface area contributed by atoms with E-state index in [1.165, 1.54) is 11.1 Å². The Balaban J connectivity index is 2.64. The topological polar surface area (TPSA) is 43.8 Å². The first kappa shape index (κ1) is 11.0. The van der Waals surface area contributed by atoms with E-state index in [2.05, 4.69) is 49.4 Å². The van der Waals surface area contributed by atoms with Gasteiger partial charge >= 0.3 is 0 Å². The van der Waals surface area contributed by atoms with Crippen molar-refractivity contribution in [3.8, 4) is 0 Å². The Labute approximate surface area is 96.3 Å². The van der Waals surface area contributed by atoms with Gasteiger partial charge in [0.1, 0.15) is 0 Å². The molecule has 2 rings (SSSR count). The summed E-state index contributed by atoms with van der Waals surface area (Å²) in [6, 6.07) is 4.29. The first-order valence-electron chi connectivity index (χ1n) is 5.72. The van der Waals surface area contributed by atoms with Gasteiger partial charge in [-0.3, -0.25) is 0 Å². The lowest BCUT2D eigenvalue weighted by atomic mass is 10.1. The van der Waals surface area contributed by atoms with E-state index in [9.17, 15) is 0 Å². The van der Waals surface area contributed by atoms with E-state index in [4.69, 9.17) is 5.73 Å². The predicted molar refractivity (Wildman–Crippen MR) is 68.5 cm³/mol. The highest BCUT2D eigenvalue weighted by Crippen LogP contribution is 2.22. The summed E-state index contributed by atoms with van der Waals surface area (Å²) in [6.07, 6.45) is 0. The number of fused-ring (bicyclic) bond motifs is 1. The third-order valence-corrected chi connectivity index (χ3v) is 2.94. The van der Waals surface area contributed by atoms with Gasteiger partial charge in [-0.15, -0.1) is 0 Å². The Morgan fingerprint density at radius 3 is 2.50 bits per heavy atom. The number of hydrogen-bond acceptors (Lipinski definition) is 2. The van der Waals surface area contributed by atoms with Crippen molar-refractivity contribution in [3.63, 3.8) is 0 Å². The van der Waals surface area contributed by atoms with E-state index in [0.717, 1.165) is 17.6 Å². The Kier molecular flexibility index (Phi) is 2.62. The molecule has 0 saturated carbocycles. The molecular weight excluding hydrogens is 198 g/mol. The second-order valence-corrected chi connectivity index (χ2v) is 4.90. The minimum absolute atomic E-state index is 0.571. The van der Waals surface area contributed by atoms with Crippen LogP contribution in [0.5, 0.6) is 0 Å². The molecule has 16 heavy (non-hydrogen) atoms. The van der Waals surface area contributed by atoms with E-state index in [0.29, 0.717) is 11.9 Å². The van der Waals surface area contributed by atoms with Gasteiger partial charge in [0.05, 0.1) is 11.0 Å². The SMILES string of the molecule is Cc1cc2nc(N)n(CC(C)C)c2cc1C. The number of aromatic nitrogens is 2. The maximum atomic E-state index is 5.95. The molecule has 0 aliphatic heterocycles. The van der Waals surface area contributed by atoms with Crippen LogP contribution in [0, 0.1) is 19.8 Å². The highest BCUT2D eigenvalue weighted by atomic mass is 15.1. The van der Waals surface area contributed by atoms with Crippen LogP contribution in [0.1, 0.15) is 25.0 Å². The van der Waals surface area contributed by atoms with Crippen molar-refractivity contribution in [2.24, 2.45) is 5.92 Å². The summed E-state index contributed by atoms with van der Waals surface area (Å²) in [4.78, 5) is 4.41. The molecule has 0 unspecified atom stereocenters. The van der Waals surface area contributed by atoms with E-state index in [1.807, 2.05) is 0 Å². The van der Waals surface area contributed by atoms with Gasteiger partial charge in [-0.05, 0) is 43.0 Å². The van der Waals surface area contributed by atoms with Crippen LogP contribution < -0.4 is 5.73 Å². The summed E-state index contributed by atoms with van der Waals surface area (Å²) in [6.45, 7) is 9.52. The van der Waals surface area contributed by atoms with E-state index < -0.39 is 0 Å². The van der Waals surface area contributed by atoms with Crippen molar-refractivity contribution in [1.29, 1.82) is 0 Å². The zero-order chi connectivity index (χ0) is 11.9. The molecule has 0 atom stereocenters. The second kappa shape index (κ2) is 3.81. The second-order valence-electron chi connectivity index (χ2n) is 4.90. The fraction of sp³-hybridized carbons (Fsp3) is 0.462. The minimum atomic E-state index is 0.571. The number of imidazole rings is 1. The van der Waals surface area contributed by atoms with Crippen molar-refractivity contribution in [2.75, 3.05) is 5.73 Å². The molecule has 3 nitrogen and oxygen atoms in total. The van der Waals surface area contributed by atoms with Gasteiger partial charge in [0.15, 0.2) is 0 Å². The third kappa shape index (κ3) is 1.77. The van der Waals surface area contributed by atoms with Gasteiger partial charge in [0.2, 0.25) is 5.95 Å². The number of anilines is 1. The monoisotopic (exact) mass is 217 g/mol. The van der Waals surface area contributed by atoms with Gasteiger partial charge in [0.25, 0.3) is 0 Å². The number of hydrogen-bond donors (Lipinski definition) is 1.